The molecule has 0 aliphatic carbocycles. The van der Waals surface area contributed by atoms with E-state index in [0.717, 1.165) is 0 Å². The number of rotatable bonds is 3. The van der Waals surface area contributed by atoms with E-state index in [-0.39, 0.29) is 13.2 Å². The van der Waals surface area contributed by atoms with Gasteiger partial charge in [0.15, 0.2) is 0 Å². The molecular formula is C15H13IN2O6. The Balaban J connectivity index is 1.62. The van der Waals surface area contributed by atoms with E-state index < -0.39 is 29.7 Å². The molecule has 1 N–H and O–H groups in total. The summed E-state index contributed by atoms with van der Waals surface area (Å²) >= 11 is 1.83. The average Bonchev–Trinajstić information content (AvgIpc) is 2.60. The predicted octanol–water partition coefficient (Wildman–Crippen LogP) is 0.870. The molecule has 3 rings (SSSR count). The fraction of sp³-hybridized carbons (Fsp3) is 0.267. The minimum atomic E-state index is -1.13. The molecule has 0 bridgehead atoms. The molecule has 1 aromatic carbocycles. The lowest BCUT2D eigenvalue weighted by Gasteiger charge is -2.29. The van der Waals surface area contributed by atoms with Crippen LogP contribution >= 0.6 is 22.6 Å². The first-order valence-electron chi connectivity index (χ1n) is 7.05. The van der Waals surface area contributed by atoms with Gasteiger partial charge in [-0.25, -0.2) is 9.59 Å². The summed E-state index contributed by atoms with van der Waals surface area (Å²) in [4.78, 5) is 37.4. The second kappa shape index (κ2) is 7.28. The molecule has 24 heavy (non-hydrogen) atoms. The Labute approximate surface area is 149 Å². The van der Waals surface area contributed by atoms with Gasteiger partial charge in [0.2, 0.25) is 0 Å². The summed E-state index contributed by atoms with van der Waals surface area (Å²) in [5.74, 6) is -0.560. The maximum absolute atomic E-state index is 11.9. The molecule has 1 saturated heterocycles. The molecule has 0 spiro atoms. The van der Waals surface area contributed by atoms with Gasteiger partial charge >= 0.3 is 18.1 Å². The number of esters is 1. The van der Waals surface area contributed by atoms with Crippen LogP contribution in [0.5, 0.6) is 0 Å². The minimum Gasteiger partial charge on any atom is -0.407 e. The summed E-state index contributed by atoms with van der Waals surface area (Å²) in [6.07, 6.45) is 1.44. The van der Waals surface area contributed by atoms with Crippen LogP contribution in [-0.2, 0) is 14.2 Å². The SMILES string of the molecule is O=C(OC1OCC(n2cc(I)c(=O)[nH]c2=O)CO1)c1ccccc1. The van der Waals surface area contributed by atoms with Gasteiger partial charge in [-0.05, 0) is 34.7 Å². The van der Waals surface area contributed by atoms with Crippen molar-refractivity contribution in [3.8, 4) is 0 Å². The highest BCUT2D eigenvalue weighted by Gasteiger charge is 2.27. The molecule has 2 heterocycles. The molecule has 0 unspecified atom stereocenters. The molecule has 1 aromatic heterocycles. The highest BCUT2D eigenvalue weighted by molar-refractivity contribution is 14.1. The zero-order valence-electron chi connectivity index (χ0n) is 12.3. The molecule has 8 nitrogen and oxygen atoms in total. The second-order valence-corrected chi connectivity index (χ2v) is 6.19. The number of hydrogen-bond donors (Lipinski definition) is 1. The third-order valence-electron chi connectivity index (χ3n) is 3.38. The number of H-pyrrole nitrogens is 1. The molecule has 0 atom stereocenters. The van der Waals surface area contributed by atoms with Gasteiger partial charge in [0, 0.05) is 6.20 Å². The largest absolute Gasteiger partial charge is 0.407 e. The Kier molecular flexibility index (Phi) is 5.11. The van der Waals surface area contributed by atoms with Crippen molar-refractivity contribution < 1.29 is 19.0 Å². The maximum Gasteiger partial charge on any atom is 0.342 e. The van der Waals surface area contributed by atoms with Crippen molar-refractivity contribution in [3.63, 3.8) is 0 Å². The van der Waals surface area contributed by atoms with Crippen LogP contribution in [0.2, 0.25) is 0 Å². The van der Waals surface area contributed by atoms with Crippen LogP contribution in [0, 0.1) is 3.57 Å². The number of benzene rings is 1. The van der Waals surface area contributed by atoms with Crippen molar-refractivity contribution in [1.29, 1.82) is 0 Å². The van der Waals surface area contributed by atoms with Crippen molar-refractivity contribution in [2.24, 2.45) is 0 Å². The summed E-state index contributed by atoms with van der Waals surface area (Å²) < 4.78 is 17.5. The molecule has 9 heteroatoms. The van der Waals surface area contributed by atoms with Crippen molar-refractivity contribution in [2.75, 3.05) is 13.2 Å². The lowest BCUT2D eigenvalue weighted by molar-refractivity contribution is -0.296. The van der Waals surface area contributed by atoms with E-state index in [0.29, 0.717) is 9.13 Å². The lowest BCUT2D eigenvalue weighted by atomic mass is 10.2. The third kappa shape index (κ3) is 3.74. The second-order valence-electron chi connectivity index (χ2n) is 5.02. The highest BCUT2D eigenvalue weighted by atomic mass is 127. The maximum atomic E-state index is 11.9. The topological polar surface area (TPSA) is 99.6 Å². The van der Waals surface area contributed by atoms with E-state index in [4.69, 9.17) is 14.2 Å². The summed E-state index contributed by atoms with van der Waals surface area (Å²) in [5.41, 5.74) is -0.597. The fourth-order valence-corrected chi connectivity index (χ4v) is 2.60. The molecule has 0 amide bonds. The number of nitrogens with one attached hydrogen (secondary N) is 1. The molecular weight excluding hydrogens is 431 g/mol. The van der Waals surface area contributed by atoms with Gasteiger partial charge in [-0.1, -0.05) is 18.2 Å². The smallest absolute Gasteiger partial charge is 0.342 e. The molecule has 126 valence electrons. The van der Waals surface area contributed by atoms with Crippen molar-refractivity contribution >= 4 is 28.6 Å². The van der Waals surface area contributed by atoms with E-state index in [1.165, 1.54) is 10.8 Å². The van der Waals surface area contributed by atoms with Crippen LogP contribution in [0.3, 0.4) is 0 Å². The Bertz CT molecular complexity index is 839. The number of nitrogens with zero attached hydrogens (tertiary/aromatic N) is 1. The van der Waals surface area contributed by atoms with Crippen molar-refractivity contribution in [3.05, 3.63) is 66.5 Å². The van der Waals surface area contributed by atoms with Crippen LogP contribution in [-0.4, -0.2) is 35.2 Å². The van der Waals surface area contributed by atoms with E-state index in [2.05, 4.69) is 4.98 Å². The monoisotopic (exact) mass is 444 g/mol. The first-order valence-corrected chi connectivity index (χ1v) is 8.12. The Hall–Kier alpha value is -1.98. The number of ether oxygens (including phenoxy) is 3. The molecule has 1 fully saturated rings. The Morgan fingerprint density at radius 1 is 1.21 bits per heavy atom. The van der Waals surface area contributed by atoms with E-state index in [1.807, 2.05) is 22.6 Å². The van der Waals surface area contributed by atoms with Gasteiger partial charge in [-0.3, -0.25) is 14.3 Å². The molecule has 0 radical (unpaired) electrons. The van der Waals surface area contributed by atoms with E-state index in [9.17, 15) is 14.4 Å². The first-order chi connectivity index (χ1) is 11.5. The fourth-order valence-electron chi connectivity index (χ4n) is 2.17. The van der Waals surface area contributed by atoms with Gasteiger partial charge in [0.05, 0.1) is 28.4 Å². The number of carbonyl (C=O) groups is 1. The average molecular weight is 444 g/mol. The van der Waals surface area contributed by atoms with E-state index in [1.54, 1.807) is 30.3 Å². The van der Waals surface area contributed by atoms with Gasteiger partial charge in [0.1, 0.15) is 0 Å². The quantitative estimate of drug-likeness (QED) is 0.558. The molecule has 2 aromatic rings. The van der Waals surface area contributed by atoms with Gasteiger partial charge in [-0.2, -0.15) is 0 Å². The third-order valence-corrected chi connectivity index (χ3v) is 4.15. The highest BCUT2D eigenvalue weighted by Crippen LogP contribution is 2.17. The standard InChI is InChI=1S/C15H13IN2O6/c16-11-6-18(14(21)17-12(11)19)10-7-22-15(23-8-10)24-13(20)9-4-2-1-3-5-9/h1-6,10,15H,7-8H2,(H,17,19,21). The van der Waals surface area contributed by atoms with E-state index >= 15 is 0 Å². The van der Waals surface area contributed by atoms with Crippen LogP contribution in [0.4, 0.5) is 0 Å². The number of aromatic nitrogens is 2. The zero-order chi connectivity index (χ0) is 17.1. The number of aromatic amines is 1. The zero-order valence-corrected chi connectivity index (χ0v) is 14.5. The summed E-state index contributed by atoms with van der Waals surface area (Å²) in [6, 6.07) is 8.05. The van der Waals surface area contributed by atoms with Crippen LogP contribution in [0.15, 0.2) is 46.1 Å². The summed E-state index contributed by atoms with van der Waals surface area (Å²) in [7, 11) is 0. The number of hydrogen-bond acceptors (Lipinski definition) is 6. The Morgan fingerprint density at radius 2 is 1.88 bits per heavy atom. The predicted molar refractivity (Wildman–Crippen MR) is 90.6 cm³/mol. The molecule has 1 aliphatic heterocycles. The van der Waals surface area contributed by atoms with Crippen molar-refractivity contribution in [2.45, 2.75) is 12.5 Å². The van der Waals surface area contributed by atoms with Gasteiger partial charge in [-0.15, -0.1) is 0 Å². The normalized spacial score (nSPS) is 20.5. The van der Waals surface area contributed by atoms with Crippen molar-refractivity contribution in [1.82, 2.24) is 9.55 Å². The molecule has 1 aliphatic rings. The number of carbonyl (C=O) groups excluding carboxylic acids is 1. The number of halogens is 1. The Morgan fingerprint density at radius 3 is 2.54 bits per heavy atom. The van der Waals surface area contributed by atoms with Gasteiger partial charge < -0.3 is 14.2 Å². The molecule has 0 saturated carbocycles. The van der Waals surface area contributed by atoms with Gasteiger partial charge in [0.25, 0.3) is 5.56 Å². The van der Waals surface area contributed by atoms with Crippen LogP contribution < -0.4 is 11.2 Å². The minimum absolute atomic E-state index is 0.106. The first kappa shape index (κ1) is 16.9. The lowest BCUT2D eigenvalue weighted by Crippen LogP contribution is -2.42. The van der Waals surface area contributed by atoms with Crippen LogP contribution in [0.1, 0.15) is 16.4 Å². The van der Waals surface area contributed by atoms with Crippen LogP contribution in [0.25, 0.3) is 0 Å². The summed E-state index contributed by atoms with van der Waals surface area (Å²) in [5, 5.41) is 0. The summed E-state index contributed by atoms with van der Waals surface area (Å²) in [6.45, 7) is -0.921.